The van der Waals surface area contributed by atoms with Gasteiger partial charge in [0.05, 0.1) is 6.61 Å². The fourth-order valence-corrected chi connectivity index (χ4v) is 2.00. The highest BCUT2D eigenvalue weighted by atomic mass is 16.5. The Balaban J connectivity index is 4.18. The molecule has 0 aromatic carbocycles. The van der Waals surface area contributed by atoms with E-state index in [1.807, 2.05) is 6.92 Å². The molecule has 0 aliphatic rings. The van der Waals surface area contributed by atoms with E-state index in [9.17, 15) is 14.4 Å². The molecule has 0 aromatic heterocycles. The number of carbonyl (C=O) groups excluding carboxylic acids is 3. The highest BCUT2D eigenvalue weighted by Gasteiger charge is 2.21. The second-order valence-corrected chi connectivity index (χ2v) is 5.52. The molecule has 0 saturated heterocycles. The van der Waals surface area contributed by atoms with Gasteiger partial charge in [-0.2, -0.15) is 0 Å². The Hall–Kier alpha value is -1.89. The van der Waals surface area contributed by atoms with E-state index in [4.69, 9.17) is 10.5 Å². The lowest BCUT2D eigenvalue weighted by molar-refractivity contribution is -0.148. The minimum Gasteiger partial charge on any atom is -0.464 e. The number of nitrogens with one attached hydrogen (secondary N) is 2. The first-order valence-electron chi connectivity index (χ1n) is 8.61. The summed E-state index contributed by atoms with van der Waals surface area (Å²) in [5.41, 5.74) is 5.35. The SMILES string of the molecule is C=CC(=O)NCCCCCC(NC(=O)CCN)C(=O)OCCCC. The van der Waals surface area contributed by atoms with E-state index in [1.54, 1.807) is 0 Å². The Labute approximate surface area is 144 Å². The molecule has 0 fully saturated rings. The molecule has 0 aliphatic carbocycles. The predicted molar refractivity (Wildman–Crippen MR) is 93.1 cm³/mol. The highest BCUT2D eigenvalue weighted by Crippen LogP contribution is 2.06. The van der Waals surface area contributed by atoms with E-state index in [1.165, 1.54) is 6.08 Å². The molecule has 7 heteroatoms. The number of carbonyl (C=O) groups is 3. The Bertz CT molecular complexity index is 399. The summed E-state index contributed by atoms with van der Waals surface area (Å²) in [5, 5.41) is 5.38. The molecule has 0 radical (unpaired) electrons. The van der Waals surface area contributed by atoms with Crippen molar-refractivity contribution in [1.82, 2.24) is 10.6 Å². The van der Waals surface area contributed by atoms with Gasteiger partial charge < -0.3 is 21.1 Å². The lowest BCUT2D eigenvalue weighted by Crippen LogP contribution is -2.42. The van der Waals surface area contributed by atoms with Gasteiger partial charge in [0, 0.05) is 19.5 Å². The first-order chi connectivity index (χ1) is 11.5. The van der Waals surface area contributed by atoms with Crippen LogP contribution in [0.2, 0.25) is 0 Å². The summed E-state index contributed by atoms with van der Waals surface area (Å²) in [6.45, 7) is 6.57. The molecular weight excluding hydrogens is 310 g/mol. The second-order valence-electron chi connectivity index (χ2n) is 5.52. The van der Waals surface area contributed by atoms with Crippen molar-refractivity contribution in [3.8, 4) is 0 Å². The maximum Gasteiger partial charge on any atom is 0.328 e. The fourth-order valence-electron chi connectivity index (χ4n) is 2.00. The van der Waals surface area contributed by atoms with Crippen LogP contribution in [0.5, 0.6) is 0 Å². The van der Waals surface area contributed by atoms with Crippen LogP contribution >= 0.6 is 0 Å². The zero-order valence-electron chi connectivity index (χ0n) is 14.6. The molecule has 1 atom stereocenters. The van der Waals surface area contributed by atoms with Crippen molar-refractivity contribution in [2.24, 2.45) is 5.73 Å². The molecule has 24 heavy (non-hydrogen) atoms. The van der Waals surface area contributed by atoms with Gasteiger partial charge in [-0.3, -0.25) is 9.59 Å². The van der Waals surface area contributed by atoms with Crippen molar-refractivity contribution >= 4 is 17.8 Å². The number of unbranched alkanes of at least 4 members (excludes halogenated alkanes) is 3. The molecule has 0 aliphatic heterocycles. The van der Waals surface area contributed by atoms with Crippen molar-refractivity contribution < 1.29 is 19.1 Å². The van der Waals surface area contributed by atoms with Crippen molar-refractivity contribution in [1.29, 1.82) is 0 Å². The molecule has 0 spiro atoms. The molecule has 2 amide bonds. The molecule has 0 heterocycles. The molecule has 0 rings (SSSR count). The number of ether oxygens (including phenoxy) is 1. The Morgan fingerprint density at radius 1 is 1.21 bits per heavy atom. The number of nitrogens with two attached hydrogens (primary N) is 1. The fraction of sp³-hybridized carbons (Fsp3) is 0.706. The van der Waals surface area contributed by atoms with Crippen LogP contribution in [-0.4, -0.2) is 43.5 Å². The van der Waals surface area contributed by atoms with Crippen LogP contribution in [0.15, 0.2) is 12.7 Å². The molecule has 0 saturated carbocycles. The largest absolute Gasteiger partial charge is 0.464 e. The summed E-state index contributed by atoms with van der Waals surface area (Å²) < 4.78 is 5.19. The third-order valence-corrected chi connectivity index (χ3v) is 3.39. The van der Waals surface area contributed by atoms with Gasteiger partial charge in [0.2, 0.25) is 11.8 Å². The first kappa shape index (κ1) is 22.1. The number of hydrogen-bond acceptors (Lipinski definition) is 5. The molecule has 0 aromatic rings. The number of hydrogen-bond donors (Lipinski definition) is 3. The average molecular weight is 341 g/mol. The Morgan fingerprint density at radius 2 is 1.96 bits per heavy atom. The summed E-state index contributed by atoms with van der Waals surface area (Å²) in [5.74, 6) is -0.830. The lowest BCUT2D eigenvalue weighted by atomic mass is 10.1. The van der Waals surface area contributed by atoms with E-state index in [2.05, 4.69) is 17.2 Å². The van der Waals surface area contributed by atoms with Crippen LogP contribution in [0, 0.1) is 0 Å². The maximum absolute atomic E-state index is 12.1. The van der Waals surface area contributed by atoms with Gasteiger partial charge in [0.15, 0.2) is 0 Å². The van der Waals surface area contributed by atoms with Crippen LogP contribution in [0.3, 0.4) is 0 Å². The number of amides is 2. The molecule has 138 valence electrons. The maximum atomic E-state index is 12.1. The van der Waals surface area contributed by atoms with E-state index >= 15 is 0 Å². The standard InChI is InChI=1S/C17H31N3O4/c1-3-5-13-24-17(23)14(20-16(22)10-11-18)9-7-6-8-12-19-15(21)4-2/h4,14H,2-3,5-13,18H2,1H3,(H,19,21)(H,20,22). The van der Waals surface area contributed by atoms with Crippen LogP contribution in [0.1, 0.15) is 51.9 Å². The number of rotatable bonds is 14. The molecule has 1 unspecified atom stereocenters. The quantitative estimate of drug-likeness (QED) is 0.248. The van der Waals surface area contributed by atoms with Crippen molar-refractivity contribution in [3.63, 3.8) is 0 Å². The van der Waals surface area contributed by atoms with Gasteiger partial charge in [-0.1, -0.05) is 32.8 Å². The summed E-state index contributed by atoms with van der Waals surface area (Å²) in [6.07, 6.45) is 6.06. The minimum absolute atomic E-state index is 0.187. The molecule has 4 N–H and O–H groups in total. The zero-order chi connectivity index (χ0) is 18.2. The Morgan fingerprint density at radius 3 is 2.58 bits per heavy atom. The minimum atomic E-state index is -0.635. The van der Waals surface area contributed by atoms with Crippen molar-refractivity contribution in [2.45, 2.75) is 57.9 Å². The van der Waals surface area contributed by atoms with Gasteiger partial charge in [0.1, 0.15) is 6.04 Å². The van der Waals surface area contributed by atoms with Gasteiger partial charge >= 0.3 is 5.97 Å². The van der Waals surface area contributed by atoms with E-state index in [0.29, 0.717) is 19.6 Å². The third-order valence-electron chi connectivity index (χ3n) is 3.39. The summed E-state index contributed by atoms with van der Waals surface area (Å²) >= 11 is 0. The summed E-state index contributed by atoms with van der Waals surface area (Å²) in [7, 11) is 0. The molecule has 0 bridgehead atoms. The predicted octanol–water partition coefficient (Wildman–Crippen LogP) is 1.03. The Kier molecular flexibility index (Phi) is 13.5. The van der Waals surface area contributed by atoms with Crippen LogP contribution in [0.4, 0.5) is 0 Å². The topological polar surface area (TPSA) is 111 Å². The summed E-state index contributed by atoms with van der Waals surface area (Å²) in [4.78, 5) is 34.7. The van der Waals surface area contributed by atoms with Gasteiger partial charge in [-0.15, -0.1) is 0 Å². The van der Waals surface area contributed by atoms with Gasteiger partial charge in [-0.05, 0) is 25.3 Å². The van der Waals surface area contributed by atoms with E-state index < -0.39 is 12.0 Å². The molecular formula is C17H31N3O4. The van der Waals surface area contributed by atoms with Crippen LogP contribution < -0.4 is 16.4 Å². The van der Waals surface area contributed by atoms with E-state index in [-0.39, 0.29) is 24.8 Å². The van der Waals surface area contributed by atoms with Crippen molar-refractivity contribution in [2.75, 3.05) is 19.7 Å². The second kappa shape index (κ2) is 14.7. The highest BCUT2D eigenvalue weighted by molar-refractivity contribution is 5.86. The van der Waals surface area contributed by atoms with Crippen LogP contribution in [0.25, 0.3) is 0 Å². The van der Waals surface area contributed by atoms with Crippen molar-refractivity contribution in [3.05, 3.63) is 12.7 Å². The first-order valence-corrected chi connectivity index (χ1v) is 8.61. The number of esters is 1. The average Bonchev–Trinajstić information content (AvgIpc) is 2.56. The monoisotopic (exact) mass is 341 g/mol. The summed E-state index contributed by atoms with van der Waals surface area (Å²) in [6, 6.07) is -0.635. The van der Waals surface area contributed by atoms with Gasteiger partial charge in [-0.25, -0.2) is 4.79 Å². The zero-order valence-corrected chi connectivity index (χ0v) is 14.6. The molecule has 7 nitrogen and oxygen atoms in total. The lowest BCUT2D eigenvalue weighted by Gasteiger charge is -2.17. The normalized spacial score (nSPS) is 11.4. The third kappa shape index (κ3) is 11.6. The smallest absolute Gasteiger partial charge is 0.328 e. The van der Waals surface area contributed by atoms with E-state index in [0.717, 1.165) is 32.1 Å². The van der Waals surface area contributed by atoms with Crippen LogP contribution in [-0.2, 0) is 19.1 Å². The van der Waals surface area contributed by atoms with Gasteiger partial charge in [0.25, 0.3) is 0 Å².